The topological polar surface area (TPSA) is 67.6 Å². The smallest absolute Gasteiger partial charge is 0.335 e. The van der Waals surface area contributed by atoms with Gasteiger partial charge in [-0.15, -0.1) is 0 Å². The summed E-state index contributed by atoms with van der Waals surface area (Å²) in [6.45, 7) is 2.23. The molecule has 3 aliphatic rings. The number of likely N-dealkylation sites (tertiary alicyclic amines) is 1. The lowest BCUT2D eigenvalue weighted by molar-refractivity contribution is 0.0697. The predicted molar refractivity (Wildman–Crippen MR) is 167 cm³/mol. The van der Waals surface area contributed by atoms with E-state index in [1.807, 2.05) is 16.7 Å². The second-order valence-electron chi connectivity index (χ2n) is 12.2. The molecule has 0 unspecified atom stereocenters. The number of alkyl halides is 1. The number of benzene rings is 3. The van der Waals surface area contributed by atoms with E-state index < -0.39 is 24.2 Å². The van der Waals surface area contributed by atoms with Crippen LogP contribution in [0.25, 0.3) is 16.9 Å². The lowest BCUT2D eigenvalue weighted by Crippen LogP contribution is -2.34. The van der Waals surface area contributed by atoms with Crippen molar-refractivity contribution in [3.05, 3.63) is 98.8 Å². The Bertz CT molecular complexity index is 1790. The minimum absolute atomic E-state index is 0.173. The van der Waals surface area contributed by atoms with Crippen molar-refractivity contribution < 1.29 is 23.4 Å². The maximum Gasteiger partial charge on any atom is 0.335 e. The molecule has 6 nitrogen and oxygen atoms in total. The minimum atomic E-state index is -1.00. The Morgan fingerprint density at radius 3 is 2.57 bits per heavy atom. The van der Waals surface area contributed by atoms with E-state index in [2.05, 4.69) is 4.90 Å². The number of para-hydroxylation sites is 1. The normalized spacial score (nSPS) is 19.8. The molecular formula is C34H31Cl2F2N3O3. The van der Waals surface area contributed by atoms with Gasteiger partial charge >= 0.3 is 5.97 Å². The number of hydrogen-bond acceptors (Lipinski definition) is 4. The molecule has 1 atom stereocenters. The molecule has 0 bridgehead atoms. The Hall–Kier alpha value is -3.46. The van der Waals surface area contributed by atoms with Gasteiger partial charge in [0, 0.05) is 27.6 Å². The van der Waals surface area contributed by atoms with Crippen molar-refractivity contribution in [1.29, 1.82) is 0 Å². The number of carboxylic acids is 1. The number of hydrogen-bond donors (Lipinski definition) is 1. The number of halogens is 4. The molecule has 1 aromatic heterocycles. The van der Waals surface area contributed by atoms with E-state index in [0.717, 1.165) is 55.7 Å². The van der Waals surface area contributed by atoms with Crippen LogP contribution in [0.3, 0.4) is 0 Å². The van der Waals surface area contributed by atoms with E-state index in [0.29, 0.717) is 45.5 Å². The molecule has 3 heterocycles. The van der Waals surface area contributed by atoms with Gasteiger partial charge < -0.3 is 14.4 Å². The summed E-state index contributed by atoms with van der Waals surface area (Å²) in [5.41, 5.74) is 3.33. The molecule has 10 heteroatoms. The van der Waals surface area contributed by atoms with Gasteiger partial charge in [-0.3, -0.25) is 9.29 Å². The fourth-order valence-electron chi connectivity index (χ4n) is 6.52. The van der Waals surface area contributed by atoms with Crippen molar-refractivity contribution in [2.45, 2.75) is 50.8 Å². The van der Waals surface area contributed by atoms with Crippen molar-refractivity contribution in [3.63, 3.8) is 0 Å². The summed E-state index contributed by atoms with van der Waals surface area (Å²) in [7, 11) is 0. The maximum absolute atomic E-state index is 15.4. The van der Waals surface area contributed by atoms with Crippen molar-refractivity contribution in [1.82, 2.24) is 14.5 Å². The second-order valence-corrected chi connectivity index (χ2v) is 13.1. The molecule has 44 heavy (non-hydrogen) atoms. The highest BCUT2D eigenvalue weighted by Crippen LogP contribution is 2.49. The Balaban J connectivity index is 1.10. The third-order valence-electron chi connectivity index (χ3n) is 9.32. The minimum Gasteiger partial charge on any atom is -0.480 e. The highest BCUT2D eigenvalue weighted by atomic mass is 35.5. The van der Waals surface area contributed by atoms with Gasteiger partial charge in [-0.1, -0.05) is 41.4 Å². The molecule has 0 spiro atoms. The van der Waals surface area contributed by atoms with Gasteiger partial charge in [-0.25, -0.2) is 14.2 Å². The van der Waals surface area contributed by atoms with Crippen molar-refractivity contribution in [2.24, 2.45) is 5.41 Å². The zero-order chi connectivity index (χ0) is 30.6. The summed E-state index contributed by atoms with van der Waals surface area (Å²) in [4.78, 5) is 18.9. The molecule has 2 aliphatic heterocycles. The Morgan fingerprint density at radius 2 is 1.86 bits per heavy atom. The fraction of sp³-hybridized carbons (Fsp3) is 0.353. The fourth-order valence-corrected chi connectivity index (χ4v) is 7.03. The highest BCUT2D eigenvalue weighted by Gasteiger charge is 2.44. The summed E-state index contributed by atoms with van der Waals surface area (Å²) >= 11 is 12.5. The number of carboxylic acid groups (broad SMARTS) is 1. The number of aromatic nitrogens is 2. The number of fused-ring (bicyclic) bond motifs is 2. The van der Waals surface area contributed by atoms with Crippen LogP contribution < -0.4 is 4.74 Å². The number of aromatic carboxylic acids is 1. The van der Waals surface area contributed by atoms with Gasteiger partial charge in [-0.2, -0.15) is 0 Å². The first kappa shape index (κ1) is 29.3. The summed E-state index contributed by atoms with van der Waals surface area (Å²) < 4.78 is 37.7. The molecule has 4 aromatic rings. The zero-order valence-corrected chi connectivity index (χ0v) is 25.4. The molecule has 228 valence electrons. The van der Waals surface area contributed by atoms with Gasteiger partial charge in [0.05, 0.1) is 35.4 Å². The van der Waals surface area contributed by atoms with Crippen LogP contribution in [0.4, 0.5) is 8.78 Å². The van der Waals surface area contributed by atoms with Crippen LogP contribution in [0.1, 0.15) is 70.6 Å². The van der Waals surface area contributed by atoms with Crippen LogP contribution in [0.15, 0.2) is 60.7 Å². The van der Waals surface area contributed by atoms with E-state index in [1.165, 1.54) is 6.08 Å². The molecule has 1 saturated heterocycles. The van der Waals surface area contributed by atoms with E-state index in [1.54, 1.807) is 42.5 Å². The Morgan fingerprint density at radius 1 is 1.07 bits per heavy atom. The van der Waals surface area contributed by atoms with Crippen molar-refractivity contribution >= 4 is 46.0 Å². The molecule has 7 rings (SSSR count). The van der Waals surface area contributed by atoms with Crippen LogP contribution >= 0.6 is 23.2 Å². The van der Waals surface area contributed by atoms with Crippen LogP contribution in [0.2, 0.25) is 10.0 Å². The second kappa shape index (κ2) is 11.5. The lowest BCUT2D eigenvalue weighted by Gasteiger charge is -2.34. The number of rotatable bonds is 8. The third kappa shape index (κ3) is 5.48. The number of carbonyl (C=O) groups is 1. The Labute approximate surface area is 263 Å². The van der Waals surface area contributed by atoms with Gasteiger partial charge in [0.1, 0.15) is 23.5 Å². The van der Waals surface area contributed by atoms with Gasteiger partial charge in [-0.05, 0) is 92.7 Å². The standard InChI is InChI=1S/C34H31Cl2F2N3O3/c35-22-5-6-24(26(36)15-22)30-16-27(38)25-3-1-2-23(32(25)44-30)20-8-12-40(13-9-20)17-31-39-28-7-4-21(33(42)43)14-29(28)41(31)19-34(18-37)10-11-34/h1-7,14-16,20,30H,8-13,17-19H2,(H,42,43)/t30-/m1/s1. The van der Waals surface area contributed by atoms with Gasteiger partial charge in [0.15, 0.2) is 0 Å². The van der Waals surface area contributed by atoms with Gasteiger partial charge in [0.25, 0.3) is 0 Å². The third-order valence-corrected chi connectivity index (χ3v) is 9.88. The molecule has 2 fully saturated rings. The molecule has 1 aliphatic carbocycles. The maximum atomic E-state index is 15.4. The summed E-state index contributed by atoms with van der Waals surface area (Å²) in [5.74, 6) is 0.204. The zero-order valence-electron chi connectivity index (χ0n) is 23.9. The van der Waals surface area contributed by atoms with Crippen LogP contribution in [-0.2, 0) is 13.1 Å². The average molecular weight is 639 g/mol. The monoisotopic (exact) mass is 637 g/mol. The Kier molecular flexibility index (Phi) is 7.63. The largest absolute Gasteiger partial charge is 0.480 e. The van der Waals surface area contributed by atoms with E-state index in [4.69, 9.17) is 32.9 Å². The summed E-state index contributed by atoms with van der Waals surface area (Å²) in [5, 5.41) is 10.5. The first-order valence-corrected chi connectivity index (χ1v) is 15.6. The van der Waals surface area contributed by atoms with E-state index >= 15 is 4.39 Å². The highest BCUT2D eigenvalue weighted by molar-refractivity contribution is 6.35. The quantitative estimate of drug-likeness (QED) is 0.209. The number of ether oxygens (including phenoxy) is 1. The van der Waals surface area contributed by atoms with Crippen LogP contribution in [0.5, 0.6) is 5.75 Å². The number of nitrogens with zero attached hydrogens (tertiary/aromatic N) is 3. The first-order chi connectivity index (χ1) is 21.2. The van der Waals surface area contributed by atoms with E-state index in [-0.39, 0.29) is 17.3 Å². The lowest BCUT2D eigenvalue weighted by atomic mass is 9.86. The molecule has 0 amide bonds. The predicted octanol–water partition coefficient (Wildman–Crippen LogP) is 8.61. The number of piperidine rings is 1. The van der Waals surface area contributed by atoms with Crippen molar-refractivity contribution in [2.75, 3.05) is 19.8 Å². The van der Waals surface area contributed by atoms with Crippen molar-refractivity contribution in [3.8, 4) is 5.75 Å². The molecule has 1 saturated carbocycles. The molecule has 1 N–H and O–H groups in total. The SMILES string of the molecule is O=C(O)c1ccc2nc(CN3CCC(c4cccc5c4O[C@@H](c4ccc(Cl)cc4Cl)C=C5F)CC3)n(CC3(CF)CC3)c2c1. The van der Waals surface area contributed by atoms with Crippen LogP contribution in [-0.4, -0.2) is 45.3 Å². The number of imidazole rings is 1. The molecule has 3 aromatic carbocycles. The average Bonchev–Trinajstić information content (AvgIpc) is 3.72. The summed E-state index contributed by atoms with van der Waals surface area (Å²) in [6.07, 6.45) is 4.10. The van der Waals surface area contributed by atoms with Crippen LogP contribution in [0, 0.1) is 5.41 Å². The van der Waals surface area contributed by atoms with E-state index in [9.17, 15) is 14.3 Å². The first-order valence-electron chi connectivity index (χ1n) is 14.9. The summed E-state index contributed by atoms with van der Waals surface area (Å²) in [6, 6.07) is 15.7. The molecular weight excluding hydrogens is 607 g/mol. The molecule has 0 radical (unpaired) electrons. The van der Waals surface area contributed by atoms with Gasteiger partial charge in [0.2, 0.25) is 0 Å².